The maximum atomic E-state index is 12.4. The van der Waals surface area contributed by atoms with Crippen LogP contribution in [-0.4, -0.2) is 27.2 Å². The van der Waals surface area contributed by atoms with Gasteiger partial charge in [0.25, 0.3) is 0 Å². The van der Waals surface area contributed by atoms with Gasteiger partial charge in [-0.3, -0.25) is 4.79 Å². The van der Waals surface area contributed by atoms with Gasteiger partial charge in [0.1, 0.15) is 0 Å². The van der Waals surface area contributed by atoms with Crippen LogP contribution in [0.4, 0.5) is 5.00 Å². The monoisotopic (exact) mass is 387 g/mol. The molecule has 1 amide bonds. The highest BCUT2D eigenvalue weighted by molar-refractivity contribution is 7.16. The fourth-order valence-electron chi connectivity index (χ4n) is 4.29. The summed E-state index contributed by atoms with van der Waals surface area (Å²) < 4.78 is 16.5. The number of hydrogen-bond acceptors (Lipinski definition) is 5. The Hall–Kier alpha value is -2.21. The van der Waals surface area contributed by atoms with Crippen molar-refractivity contribution in [2.75, 3.05) is 26.6 Å². The zero-order valence-corrected chi connectivity index (χ0v) is 17.0. The second-order valence-corrected chi connectivity index (χ2v) is 8.46. The minimum absolute atomic E-state index is 0.0101. The molecule has 0 fully saturated rings. The van der Waals surface area contributed by atoms with Crippen molar-refractivity contribution in [2.45, 2.75) is 38.5 Å². The second kappa shape index (κ2) is 7.08. The molecular weight excluding hydrogens is 362 g/mol. The number of methoxy groups -OCH3 is 3. The quantitative estimate of drug-likeness (QED) is 0.846. The standard InChI is InChI=1S/C21H25NO4S/c1-11-5-6-13-17(7-11)27-21-19(13)14(10-18(23)22-21)12-8-15(24-2)20(26-4)16(9-12)25-3/h8-9,11,14H,5-7,10H2,1-4H3,(H,22,23)/t11-,14+/m1/s1. The van der Waals surface area contributed by atoms with Crippen molar-refractivity contribution in [1.29, 1.82) is 0 Å². The smallest absolute Gasteiger partial charge is 0.225 e. The number of carbonyl (C=O) groups excluding carboxylic acids is 1. The highest BCUT2D eigenvalue weighted by Gasteiger charge is 2.35. The van der Waals surface area contributed by atoms with Crippen LogP contribution >= 0.6 is 11.3 Å². The van der Waals surface area contributed by atoms with Crippen LogP contribution in [-0.2, 0) is 17.6 Å². The molecule has 1 aromatic heterocycles. The number of anilines is 1. The predicted molar refractivity (Wildman–Crippen MR) is 107 cm³/mol. The lowest BCUT2D eigenvalue weighted by atomic mass is 9.80. The third-order valence-corrected chi connectivity index (χ3v) is 6.82. The average Bonchev–Trinajstić information content (AvgIpc) is 3.02. The van der Waals surface area contributed by atoms with Crippen LogP contribution in [0.2, 0.25) is 0 Å². The lowest BCUT2D eigenvalue weighted by Crippen LogP contribution is -2.23. The van der Waals surface area contributed by atoms with Crippen molar-refractivity contribution < 1.29 is 19.0 Å². The van der Waals surface area contributed by atoms with E-state index < -0.39 is 0 Å². The molecule has 2 aliphatic rings. The maximum absolute atomic E-state index is 12.4. The van der Waals surface area contributed by atoms with Crippen molar-refractivity contribution >= 4 is 22.2 Å². The topological polar surface area (TPSA) is 56.8 Å². The Morgan fingerprint density at radius 1 is 1.07 bits per heavy atom. The molecule has 2 aromatic rings. The van der Waals surface area contributed by atoms with Gasteiger partial charge in [-0.25, -0.2) is 0 Å². The van der Waals surface area contributed by atoms with Crippen LogP contribution in [0, 0.1) is 5.92 Å². The van der Waals surface area contributed by atoms with Gasteiger partial charge >= 0.3 is 0 Å². The fraction of sp³-hybridized carbons (Fsp3) is 0.476. The number of thiophene rings is 1. The van der Waals surface area contributed by atoms with Crippen LogP contribution in [0.5, 0.6) is 17.2 Å². The molecule has 0 saturated heterocycles. The molecule has 6 heteroatoms. The minimum Gasteiger partial charge on any atom is -0.493 e. The first-order valence-corrected chi connectivity index (χ1v) is 10.1. The summed E-state index contributed by atoms with van der Waals surface area (Å²) in [5.74, 6) is 2.59. The first kappa shape index (κ1) is 18.2. The summed E-state index contributed by atoms with van der Waals surface area (Å²) in [6, 6.07) is 3.95. The van der Waals surface area contributed by atoms with E-state index in [1.54, 1.807) is 32.7 Å². The number of nitrogens with one attached hydrogen (secondary N) is 1. The molecular formula is C21H25NO4S. The molecule has 1 aliphatic carbocycles. The van der Waals surface area contributed by atoms with E-state index in [0.717, 1.165) is 23.4 Å². The van der Waals surface area contributed by atoms with Crippen molar-refractivity contribution in [1.82, 2.24) is 0 Å². The average molecular weight is 388 g/mol. The summed E-state index contributed by atoms with van der Waals surface area (Å²) >= 11 is 1.75. The SMILES string of the molecule is COc1cc([C@@H]2CC(=O)Nc3sc4c(c32)CC[C@@H](C)C4)cc(OC)c1OC. The molecule has 0 saturated carbocycles. The van der Waals surface area contributed by atoms with Gasteiger partial charge in [0.15, 0.2) is 11.5 Å². The highest BCUT2D eigenvalue weighted by Crippen LogP contribution is 2.50. The Morgan fingerprint density at radius 3 is 2.41 bits per heavy atom. The zero-order chi connectivity index (χ0) is 19.1. The molecule has 4 rings (SSSR count). The van der Waals surface area contributed by atoms with E-state index in [0.29, 0.717) is 29.6 Å². The van der Waals surface area contributed by atoms with E-state index >= 15 is 0 Å². The molecule has 0 unspecified atom stereocenters. The number of ether oxygens (including phenoxy) is 3. The Labute approximate surface area is 163 Å². The number of rotatable bonds is 4. The van der Waals surface area contributed by atoms with Crippen LogP contribution < -0.4 is 19.5 Å². The normalized spacial score (nSPS) is 21.1. The molecule has 1 N–H and O–H groups in total. The van der Waals surface area contributed by atoms with Gasteiger partial charge in [-0.15, -0.1) is 11.3 Å². The van der Waals surface area contributed by atoms with Crippen molar-refractivity contribution in [2.24, 2.45) is 5.92 Å². The van der Waals surface area contributed by atoms with Gasteiger partial charge in [0, 0.05) is 17.2 Å². The summed E-state index contributed by atoms with van der Waals surface area (Å²) in [6.07, 6.45) is 3.82. The molecule has 27 heavy (non-hydrogen) atoms. The van der Waals surface area contributed by atoms with Crippen LogP contribution in [0.25, 0.3) is 0 Å². The maximum Gasteiger partial charge on any atom is 0.225 e. The van der Waals surface area contributed by atoms with Gasteiger partial charge in [-0.1, -0.05) is 6.92 Å². The predicted octanol–water partition coefficient (Wildman–Crippen LogP) is 4.37. The molecule has 2 atom stereocenters. The molecule has 1 aliphatic heterocycles. The summed E-state index contributed by atoms with van der Waals surface area (Å²) in [5.41, 5.74) is 3.75. The van der Waals surface area contributed by atoms with Crippen molar-refractivity contribution in [3.63, 3.8) is 0 Å². The van der Waals surface area contributed by atoms with Gasteiger partial charge in [0.2, 0.25) is 11.7 Å². The van der Waals surface area contributed by atoms with E-state index in [-0.39, 0.29) is 11.8 Å². The Balaban J connectivity index is 1.85. The fourth-order valence-corrected chi connectivity index (χ4v) is 5.78. The highest BCUT2D eigenvalue weighted by atomic mass is 32.1. The molecule has 0 radical (unpaired) electrons. The number of fused-ring (bicyclic) bond motifs is 3. The van der Waals surface area contributed by atoms with Gasteiger partial charge in [-0.05, 0) is 54.0 Å². The molecule has 5 nitrogen and oxygen atoms in total. The summed E-state index contributed by atoms with van der Waals surface area (Å²) in [5, 5.41) is 4.12. The lowest BCUT2D eigenvalue weighted by Gasteiger charge is -2.27. The van der Waals surface area contributed by atoms with Gasteiger partial charge < -0.3 is 19.5 Å². The molecule has 0 spiro atoms. The number of benzene rings is 1. The Morgan fingerprint density at radius 2 is 1.78 bits per heavy atom. The first-order chi connectivity index (χ1) is 13.0. The van der Waals surface area contributed by atoms with E-state index in [9.17, 15) is 4.79 Å². The summed E-state index contributed by atoms with van der Waals surface area (Å²) in [4.78, 5) is 13.9. The minimum atomic E-state index is 0.0101. The molecule has 0 bridgehead atoms. The largest absolute Gasteiger partial charge is 0.493 e. The lowest BCUT2D eigenvalue weighted by molar-refractivity contribution is -0.116. The van der Waals surface area contributed by atoms with Crippen LogP contribution in [0.15, 0.2) is 12.1 Å². The van der Waals surface area contributed by atoms with Crippen molar-refractivity contribution in [3.05, 3.63) is 33.7 Å². The van der Waals surface area contributed by atoms with E-state index in [1.807, 2.05) is 12.1 Å². The third kappa shape index (κ3) is 3.06. The van der Waals surface area contributed by atoms with Crippen molar-refractivity contribution in [3.8, 4) is 17.2 Å². The van der Waals surface area contributed by atoms with E-state index in [4.69, 9.17) is 14.2 Å². The Kier molecular flexibility index (Phi) is 4.76. The number of hydrogen-bond donors (Lipinski definition) is 1. The zero-order valence-electron chi connectivity index (χ0n) is 16.2. The van der Waals surface area contributed by atoms with E-state index in [2.05, 4.69) is 12.2 Å². The third-order valence-electron chi connectivity index (χ3n) is 5.63. The summed E-state index contributed by atoms with van der Waals surface area (Å²) in [6.45, 7) is 2.30. The number of amides is 1. The summed E-state index contributed by atoms with van der Waals surface area (Å²) in [7, 11) is 4.84. The number of carbonyl (C=O) groups is 1. The van der Waals surface area contributed by atoms with Gasteiger partial charge in [-0.2, -0.15) is 0 Å². The van der Waals surface area contributed by atoms with Crippen LogP contribution in [0.1, 0.15) is 47.3 Å². The Bertz CT molecular complexity index is 864. The molecule has 2 heterocycles. The second-order valence-electron chi connectivity index (χ2n) is 7.36. The molecule has 1 aromatic carbocycles. The van der Waals surface area contributed by atoms with Gasteiger partial charge in [0.05, 0.1) is 26.3 Å². The molecule has 144 valence electrons. The first-order valence-electron chi connectivity index (χ1n) is 9.29. The van der Waals surface area contributed by atoms with Crippen LogP contribution in [0.3, 0.4) is 0 Å². The van der Waals surface area contributed by atoms with E-state index in [1.165, 1.54) is 22.4 Å².